The molecule has 18 heavy (non-hydrogen) atoms. The minimum atomic E-state index is 0.635. The first-order valence-corrected chi connectivity index (χ1v) is 5.65. The molecule has 0 spiro atoms. The number of aryl methyl sites for hydroxylation is 1. The van der Waals surface area contributed by atoms with Gasteiger partial charge in [-0.3, -0.25) is 0 Å². The van der Waals surface area contributed by atoms with E-state index in [0.29, 0.717) is 5.82 Å². The molecule has 0 bridgehead atoms. The Hall–Kier alpha value is -2.08. The zero-order valence-electron chi connectivity index (χ0n) is 10.8. The van der Waals surface area contributed by atoms with Gasteiger partial charge in [0.2, 0.25) is 0 Å². The lowest BCUT2D eigenvalue weighted by Crippen LogP contribution is -2.20. The van der Waals surface area contributed by atoms with Gasteiger partial charge in [-0.1, -0.05) is 0 Å². The van der Waals surface area contributed by atoms with Crippen molar-refractivity contribution in [3.63, 3.8) is 0 Å². The summed E-state index contributed by atoms with van der Waals surface area (Å²) >= 11 is 0. The Labute approximate surface area is 106 Å². The van der Waals surface area contributed by atoms with E-state index in [0.717, 1.165) is 29.2 Å². The van der Waals surface area contributed by atoms with Crippen molar-refractivity contribution in [2.75, 3.05) is 17.4 Å². The van der Waals surface area contributed by atoms with Crippen LogP contribution in [0.5, 0.6) is 0 Å². The predicted octanol–water partition coefficient (Wildman–Crippen LogP) is 1.61. The SMILES string of the molecule is Cc1occc1CN(C)c1ncnc(NN)c1C. The summed E-state index contributed by atoms with van der Waals surface area (Å²) in [5, 5.41) is 0. The highest BCUT2D eigenvalue weighted by Gasteiger charge is 2.12. The number of nitrogens with one attached hydrogen (secondary N) is 1. The lowest BCUT2D eigenvalue weighted by Gasteiger charge is -2.20. The quantitative estimate of drug-likeness (QED) is 0.631. The molecule has 6 heteroatoms. The molecule has 0 aliphatic carbocycles. The number of rotatable bonds is 4. The van der Waals surface area contributed by atoms with Crippen LogP contribution in [-0.2, 0) is 6.54 Å². The van der Waals surface area contributed by atoms with Crippen molar-refractivity contribution in [2.24, 2.45) is 5.84 Å². The Kier molecular flexibility index (Phi) is 3.47. The molecule has 0 radical (unpaired) electrons. The van der Waals surface area contributed by atoms with Gasteiger partial charge in [-0.15, -0.1) is 0 Å². The van der Waals surface area contributed by atoms with Crippen LogP contribution in [0.2, 0.25) is 0 Å². The average molecular weight is 247 g/mol. The minimum Gasteiger partial charge on any atom is -0.469 e. The third kappa shape index (κ3) is 2.28. The third-order valence-electron chi connectivity index (χ3n) is 2.93. The molecule has 0 aliphatic heterocycles. The Morgan fingerprint density at radius 2 is 2.17 bits per heavy atom. The number of hydrogen-bond acceptors (Lipinski definition) is 6. The number of furan rings is 1. The van der Waals surface area contributed by atoms with Crippen LogP contribution in [0.4, 0.5) is 11.6 Å². The second-order valence-electron chi connectivity index (χ2n) is 4.17. The van der Waals surface area contributed by atoms with E-state index < -0.39 is 0 Å². The molecule has 2 aromatic heterocycles. The van der Waals surface area contributed by atoms with Crippen LogP contribution in [0, 0.1) is 13.8 Å². The van der Waals surface area contributed by atoms with E-state index in [-0.39, 0.29) is 0 Å². The summed E-state index contributed by atoms with van der Waals surface area (Å²) in [7, 11) is 1.97. The molecule has 0 aromatic carbocycles. The van der Waals surface area contributed by atoms with E-state index in [1.165, 1.54) is 6.33 Å². The summed E-state index contributed by atoms with van der Waals surface area (Å²) in [6.07, 6.45) is 3.19. The normalized spacial score (nSPS) is 10.4. The Bertz CT molecular complexity index is 537. The number of hydrazine groups is 1. The predicted molar refractivity (Wildman–Crippen MR) is 70.1 cm³/mol. The van der Waals surface area contributed by atoms with Gasteiger partial charge in [0.1, 0.15) is 23.7 Å². The fourth-order valence-corrected chi connectivity index (χ4v) is 1.88. The number of anilines is 2. The molecule has 0 aliphatic rings. The van der Waals surface area contributed by atoms with Crippen molar-refractivity contribution in [3.05, 3.63) is 35.5 Å². The van der Waals surface area contributed by atoms with Crippen LogP contribution in [0.1, 0.15) is 16.9 Å². The van der Waals surface area contributed by atoms with Crippen LogP contribution >= 0.6 is 0 Å². The van der Waals surface area contributed by atoms with Gasteiger partial charge in [-0.05, 0) is 19.9 Å². The Morgan fingerprint density at radius 1 is 1.39 bits per heavy atom. The maximum Gasteiger partial charge on any atom is 0.148 e. The zero-order valence-corrected chi connectivity index (χ0v) is 10.8. The first kappa shape index (κ1) is 12.4. The number of aromatic nitrogens is 2. The van der Waals surface area contributed by atoms with Gasteiger partial charge >= 0.3 is 0 Å². The van der Waals surface area contributed by atoms with Crippen LogP contribution in [0.15, 0.2) is 23.1 Å². The third-order valence-corrected chi connectivity index (χ3v) is 2.93. The first-order chi connectivity index (χ1) is 8.63. The van der Waals surface area contributed by atoms with E-state index >= 15 is 0 Å². The molecule has 0 fully saturated rings. The highest BCUT2D eigenvalue weighted by Crippen LogP contribution is 2.22. The minimum absolute atomic E-state index is 0.635. The molecule has 2 heterocycles. The zero-order chi connectivity index (χ0) is 13.1. The van der Waals surface area contributed by atoms with Crippen LogP contribution in [0.3, 0.4) is 0 Å². The summed E-state index contributed by atoms with van der Waals surface area (Å²) in [4.78, 5) is 10.4. The van der Waals surface area contributed by atoms with Gasteiger partial charge in [0, 0.05) is 24.7 Å². The summed E-state index contributed by atoms with van der Waals surface area (Å²) < 4.78 is 5.28. The standard InChI is InChI=1S/C12H17N5O/c1-8-11(16-13)14-7-15-12(8)17(3)6-10-4-5-18-9(10)2/h4-5,7H,6,13H2,1-3H3,(H,14,15,16). The van der Waals surface area contributed by atoms with Gasteiger partial charge in [0.15, 0.2) is 0 Å². The van der Waals surface area contributed by atoms with Crippen LogP contribution < -0.4 is 16.2 Å². The van der Waals surface area contributed by atoms with E-state index in [1.807, 2.05) is 31.9 Å². The number of nitrogens with zero attached hydrogens (tertiary/aromatic N) is 3. The smallest absolute Gasteiger partial charge is 0.148 e. The molecular formula is C12H17N5O. The molecule has 0 atom stereocenters. The van der Waals surface area contributed by atoms with E-state index in [2.05, 4.69) is 15.4 Å². The van der Waals surface area contributed by atoms with Gasteiger partial charge < -0.3 is 14.7 Å². The summed E-state index contributed by atoms with van der Waals surface area (Å²) in [5.41, 5.74) is 4.62. The maximum absolute atomic E-state index is 5.41. The number of nitrogens with two attached hydrogens (primary N) is 1. The Balaban J connectivity index is 2.24. The first-order valence-electron chi connectivity index (χ1n) is 5.65. The fourth-order valence-electron chi connectivity index (χ4n) is 1.88. The molecule has 0 saturated heterocycles. The molecule has 3 N–H and O–H groups in total. The average Bonchev–Trinajstić information content (AvgIpc) is 2.75. The van der Waals surface area contributed by atoms with Gasteiger partial charge in [-0.2, -0.15) is 0 Å². The molecule has 0 amide bonds. The summed E-state index contributed by atoms with van der Waals surface area (Å²) in [5.74, 6) is 7.81. The van der Waals surface area contributed by atoms with Crippen molar-refractivity contribution >= 4 is 11.6 Å². The van der Waals surface area contributed by atoms with E-state index in [9.17, 15) is 0 Å². The molecule has 0 saturated carbocycles. The Morgan fingerprint density at radius 3 is 2.78 bits per heavy atom. The van der Waals surface area contributed by atoms with Crippen molar-refractivity contribution in [2.45, 2.75) is 20.4 Å². The van der Waals surface area contributed by atoms with Crippen LogP contribution in [-0.4, -0.2) is 17.0 Å². The lowest BCUT2D eigenvalue weighted by atomic mass is 10.2. The number of nitrogen functional groups attached to an aromatic ring is 1. The summed E-state index contributed by atoms with van der Waals surface area (Å²) in [6.45, 7) is 4.61. The van der Waals surface area contributed by atoms with E-state index in [1.54, 1.807) is 6.26 Å². The maximum atomic E-state index is 5.41. The van der Waals surface area contributed by atoms with Crippen LogP contribution in [0.25, 0.3) is 0 Å². The van der Waals surface area contributed by atoms with Crippen molar-refractivity contribution in [3.8, 4) is 0 Å². The van der Waals surface area contributed by atoms with Crippen molar-refractivity contribution < 1.29 is 4.42 Å². The molecule has 96 valence electrons. The highest BCUT2D eigenvalue weighted by molar-refractivity contribution is 5.57. The molecular weight excluding hydrogens is 230 g/mol. The molecule has 6 nitrogen and oxygen atoms in total. The lowest BCUT2D eigenvalue weighted by molar-refractivity contribution is 0.529. The molecule has 2 rings (SSSR count). The monoisotopic (exact) mass is 247 g/mol. The largest absolute Gasteiger partial charge is 0.469 e. The second kappa shape index (κ2) is 5.05. The van der Waals surface area contributed by atoms with Gasteiger partial charge in [-0.25, -0.2) is 15.8 Å². The van der Waals surface area contributed by atoms with Gasteiger partial charge in [0.25, 0.3) is 0 Å². The highest BCUT2D eigenvalue weighted by atomic mass is 16.3. The number of hydrogen-bond donors (Lipinski definition) is 2. The molecule has 0 unspecified atom stereocenters. The van der Waals surface area contributed by atoms with Crippen molar-refractivity contribution in [1.82, 2.24) is 9.97 Å². The second-order valence-corrected chi connectivity index (χ2v) is 4.17. The molecule has 2 aromatic rings. The van der Waals surface area contributed by atoms with Crippen molar-refractivity contribution in [1.29, 1.82) is 0 Å². The fraction of sp³-hybridized carbons (Fsp3) is 0.333. The van der Waals surface area contributed by atoms with E-state index in [4.69, 9.17) is 10.3 Å². The van der Waals surface area contributed by atoms with Gasteiger partial charge in [0.05, 0.1) is 6.26 Å². The topological polar surface area (TPSA) is 80.2 Å². The summed E-state index contributed by atoms with van der Waals surface area (Å²) in [6, 6.07) is 1.96.